The molecule has 5 heterocycles. The van der Waals surface area contributed by atoms with Gasteiger partial charge in [0.1, 0.15) is 41.1 Å². The molecule has 0 fully saturated rings. The monoisotopic (exact) mass is 602 g/mol. The lowest BCUT2D eigenvalue weighted by atomic mass is 9.99. The van der Waals surface area contributed by atoms with E-state index < -0.39 is 5.95 Å². The molecule has 0 aliphatic carbocycles. The Morgan fingerprint density at radius 3 is 1.94 bits per heavy atom. The maximum Gasteiger partial charge on any atom is 0.374 e. The number of furan rings is 1. The molecule has 0 N–H and O–H groups in total. The molecular formula is C32H6N14O. The summed E-state index contributed by atoms with van der Waals surface area (Å²) in [6, 6.07) is 14.1. The quantitative estimate of drug-likeness (QED) is 0.205. The van der Waals surface area contributed by atoms with Crippen LogP contribution in [0.15, 0.2) is 41.3 Å². The Morgan fingerprint density at radius 2 is 1.34 bits per heavy atom. The molecule has 0 aliphatic heterocycles. The topological polar surface area (TPSA) is 223 Å². The fourth-order valence-electron chi connectivity index (χ4n) is 4.99. The molecule has 0 saturated carbocycles. The molecule has 0 unspecified atom stereocenters. The summed E-state index contributed by atoms with van der Waals surface area (Å²) in [7, 11) is 0. The molecule has 0 radical (unpaired) electrons. The van der Waals surface area contributed by atoms with Gasteiger partial charge in [-0.2, -0.15) is 31.3 Å². The van der Waals surface area contributed by atoms with E-state index in [1.54, 1.807) is 24.3 Å². The van der Waals surface area contributed by atoms with Crippen molar-refractivity contribution < 1.29 is 4.42 Å². The van der Waals surface area contributed by atoms with E-state index in [2.05, 4.69) is 44.4 Å². The smallest absolute Gasteiger partial charge is 0.374 e. The zero-order valence-corrected chi connectivity index (χ0v) is 23.1. The van der Waals surface area contributed by atoms with Crippen molar-refractivity contribution in [1.82, 2.24) is 29.9 Å². The molecule has 1 aromatic carbocycles. The van der Waals surface area contributed by atoms with Crippen molar-refractivity contribution in [1.29, 1.82) is 26.3 Å². The molecule has 6 aromatic rings. The summed E-state index contributed by atoms with van der Waals surface area (Å²) in [5, 5.41) is 50.4. The molecule has 5 aromatic heterocycles. The summed E-state index contributed by atoms with van der Waals surface area (Å²) in [4.78, 5) is 34.6. The van der Waals surface area contributed by atoms with Crippen LogP contribution in [0.3, 0.4) is 0 Å². The summed E-state index contributed by atoms with van der Waals surface area (Å²) in [5.74, 6) is -1.14. The van der Waals surface area contributed by atoms with Gasteiger partial charge >= 0.3 is 11.8 Å². The van der Waals surface area contributed by atoms with Crippen LogP contribution >= 0.6 is 0 Å². The van der Waals surface area contributed by atoms with Crippen LogP contribution in [0.1, 0.15) is 34.0 Å². The summed E-state index contributed by atoms with van der Waals surface area (Å²) < 4.78 is 5.82. The molecule has 0 atom stereocenters. The van der Waals surface area contributed by atoms with E-state index in [9.17, 15) is 26.3 Å². The first kappa shape index (κ1) is 28.5. The molecule has 0 spiro atoms. The van der Waals surface area contributed by atoms with Gasteiger partial charge in [0, 0.05) is 39.3 Å². The minimum Gasteiger partial charge on any atom is -0.464 e. The summed E-state index contributed by atoms with van der Waals surface area (Å²) in [5.41, 5.74) is -0.420. The second-order valence-electron chi connectivity index (χ2n) is 9.21. The van der Waals surface area contributed by atoms with E-state index in [-0.39, 0.29) is 61.6 Å². The number of nitriles is 5. The summed E-state index contributed by atoms with van der Waals surface area (Å²) >= 11 is 0. The zero-order valence-electron chi connectivity index (χ0n) is 23.1. The summed E-state index contributed by atoms with van der Waals surface area (Å²) in [6.07, 6.45) is 4.14. The lowest BCUT2D eigenvalue weighted by molar-refractivity contribution is 0.619. The van der Waals surface area contributed by atoms with Crippen molar-refractivity contribution in [2.75, 3.05) is 0 Å². The number of benzene rings is 1. The van der Waals surface area contributed by atoms with E-state index in [0.29, 0.717) is 32.8 Å². The Labute approximate surface area is 262 Å². The van der Waals surface area contributed by atoms with Crippen LogP contribution in [0.25, 0.3) is 58.6 Å². The van der Waals surface area contributed by atoms with Gasteiger partial charge in [-0.15, -0.1) is 16.5 Å². The number of hydrogen-bond acceptors (Lipinski definition) is 12. The zero-order chi connectivity index (χ0) is 33.2. The molecule has 210 valence electrons. The van der Waals surface area contributed by atoms with Crippen molar-refractivity contribution in [3.63, 3.8) is 0 Å². The lowest BCUT2D eigenvalue weighted by Crippen LogP contribution is -2.12. The van der Waals surface area contributed by atoms with Gasteiger partial charge in [0.15, 0.2) is 11.8 Å². The average Bonchev–Trinajstić information content (AvgIpc) is 3.63. The third kappa shape index (κ3) is 4.38. The predicted molar refractivity (Wildman–Crippen MR) is 159 cm³/mol. The van der Waals surface area contributed by atoms with E-state index in [4.69, 9.17) is 24.1 Å². The van der Waals surface area contributed by atoms with E-state index in [1.807, 2.05) is 24.3 Å². The third-order valence-electron chi connectivity index (χ3n) is 6.88. The molecule has 47 heavy (non-hydrogen) atoms. The summed E-state index contributed by atoms with van der Waals surface area (Å²) in [6.45, 7) is 22.6. The van der Waals surface area contributed by atoms with Crippen molar-refractivity contribution in [2.24, 2.45) is 0 Å². The number of aromatic nitrogens is 6. The number of pyridine rings is 2. The normalized spacial score (nSPS) is 11.5. The molecule has 0 saturated heterocycles. The number of rotatable bonds is 2. The highest BCUT2D eigenvalue weighted by Crippen LogP contribution is 2.33. The number of hydrogen-bond donors (Lipinski definition) is 0. The number of nitrogens with zero attached hydrogens (tertiary/aromatic N) is 14. The predicted octanol–water partition coefficient (Wildman–Crippen LogP) is 3.50. The van der Waals surface area contributed by atoms with Gasteiger partial charge in [-0.25, -0.2) is 4.85 Å². The third-order valence-corrected chi connectivity index (χ3v) is 6.88. The highest BCUT2D eigenvalue weighted by molar-refractivity contribution is 6.21. The second kappa shape index (κ2) is 11.2. The van der Waals surface area contributed by atoms with Gasteiger partial charge < -0.3 is 14.1 Å². The maximum atomic E-state index is 10.1. The van der Waals surface area contributed by atoms with Crippen LogP contribution in [0.5, 0.6) is 0 Å². The van der Waals surface area contributed by atoms with Gasteiger partial charge in [0.2, 0.25) is 11.4 Å². The first-order valence-corrected chi connectivity index (χ1v) is 12.8. The van der Waals surface area contributed by atoms with E-state index in [1.165, 1.54) is 18.7 Å². The highest BCUT2D eigenvalue weighted by Gasteiger charge is 2.24. The van der Waals surface area contributed by atoms with Crippen molar-refractivity contribution in [3.05, 3.63) is 116 Å². The SMILES string of the molecule is [C-]#[N+]/C(c1c(C#N)nc(C#N)nc1[N+]#[C-])=c1/cnc2c(c1)c1occc1c1c/c(=C(/C#N)c3c(C#N)nc([N+]#[C-])nc3C#N)cnc12. The van der Waals surface area contributed by atoms with Gasteiger partial charge in [0.25, 0.3) is 5.82 Å². The largest absolute Gasteiger partial charge is 0.464 e. The molecular weight excluding hydrogens is 596 g/mol. The van der Waals surface area contributed by atoms with Crippen molar-refractivity contribution in [2.45, 2.75) is 0 Å². The molecule has 0 bridgehead atoms. The Balaban J connectivity index is 1.70. The van der Waals surface area contributed by atoms with Crippen LogP contribution in [-0.4, -0.2) is 29.9 Å². The maximum absolute atomic E-state index is 10.1. The molecule has 0 aliphatic rings. The Morgan fingerprint density at radius 1 is 0.702 bits per heavy atom. The second-order valence-corrected chi connectivity index (χ2v) is 9.21. The lowest BCUT2D eigenvalue weighted by Gasteiger charge is -2.08. The fraction of sp³-hybridized carbons (Fsp3) is 0. The standard InChI is InChI=1S/C32H6N14O/c1-38-27(26-23(11-36)43-24(12-37)46-31(26)39-2)16-7-19-29(42-14-16)28-18(17-4-5-47-30(17)19)6-15(13-41-28)20(8-33)25-21(9-34)44-32(40-3)45-22(25)10-35/h4-7,13-14H/b20-15+,27-16+. The van der Waals surface area contributed by atoms with Crippen LogP contribution in [0, 0.1) is 76.4 Å². The Kier molecular flexibility index (Phi) is 6.82. The molecule has 0 amide bonds. The highest BCUT2D eigenvalue weighted by atomic mass is 16.3. The van der Waals surface area contributed by atoms with Gasteiger partial charge in [0.05, 0.1) is 29.5 Å². The minimum atomic E-state index is -0.410. The molecule has 15 heteroatoms. The van der Waals surface area contributed by atoms with E-state index >= 15 is 0 Å². The van der Waals surface area contributed by atoms with Crippen LogP contribution in [0.2, 0.25) is 0 Å². The Bertz CT molecular complexity index is 2630. The van der Waals surface area contributed by atoms with Crippen molar-refractivity contribution >= 4 is 55.8 Å². The first-order valence-electron chi connectivity index (χ1n) is 12.8. The van der Waals surface area contributed by atoms with Gasteiger partial charge in [-0.05, 0) is 17.4 Å². The Hall–Kier alpha value is -8.60. The first-order chi connectivity index (χ1) is 22.9. The molecule has 6 rings (SSSR count). The fourth-order valence-corrected chi connectivity index (χ4v) is 4.99. The van der Waals surface area contributed by atoms with Gasteiger partial charge in [-0.1, -0.05) is 17.6 Å². The van der Waals surface area contributed by atoms with Gasteiger partial charge in [-0.3, -0.25) is 9.97 Å². The van der Waals surface area contributed by atoms with Crippen LogP contribution in [0.4, 0.5) is 11.8 Å². The minimum absolute atomic E-state index is 0.117. The van der Waals surface area contributed by atoms with E-state index in [0.717, 1.165) is 0 Å². The average molecular weight is 602 g/mol. The van der Waals surface area contributed by atoms with Crippen LogP contribution < -0.4 is 10.4 Å². The van der Waals surface area contributed by atoms with Crippen molar-refractivity contribution in [3.8, 4) is 30.3 Å². The van der Waals surface area contributed by atoms with Crippen LogP contribution in [-0.2, 0) is 0 Å². The molecule has 15 nitrogen and oxygen atoms in total. The number of fused-ring (bicyclic) bond motifs is 6.